The largest absolute Gasteiger partial charge is 0.400 e. The normalized spacial score (nSPS) is 6.83. The van der Waals surface area contributed by atoms with Crippen LogP contribution in [0, 0.1) is 0 Å². The van der Waals surface area contributed by atoms with E-state index in [0.717, 1.165) is 0 Å². The molecule has 0 aromatic heterocycles. The van der Waals surface area contributed by atoms with Crippen LogP contribution in [0.5, 0.6) is 0 Å². The Morgan fingerprint density at radius 3 is 2.50 bits per heavy atom. The third-order valence-electron chi connectivity index (χ3n) is 0.283. The predicted octanol–water partition coefficient (Wildman–Crippen LogP) is 0.390. The van der Waals surface area contributed by atoms with Gasteiger partial charge in [0, 0.05) is 0 Å². The summed E-state index contributed by atoms with van der Waals surface area (Å²) in [7, 11) is 0. The van der Waals surface area contributed by atoms with E-state index in [1.807, 2.05) is 0 Å². The van der Waals surface area contributed by atoms with Crippen LogP contribution in [-0.2, 0) is 4.84 Å². The molecule has 0 aliphatic rings. The molecule has 0 aromatic carbocycles. The van der Waals surface area contributed by atoms with Gasteiger partial charge in [0.2, 0.25) is 5.05 Å². The van der Waals surface area contributed by atoms with Gasteiger partial charge in [-0.2, -0.15) is 5.90 Å². The van der Waals surface area contributed by atoms with E-state index >= 15 is 0 Å². The zero-order chi connectivity index (χ0) is 4.99. The summed E-state index contributed by atoms with van der Waals surface area (Å²) in [5.41, 5.74) is 0. The Hall–Kier alpha value is -0.410. The molecule has 3 heteroatoms. The zero-order valence-electron chi connectivity index (χ0n) is 3.18. The standard InChI is InChI=1S/C3H5NOS/c1-2-3(6)5-4/h2H,1,4H2. The molecular formula is C3H5NOS. The molecule has 34 valence electrons. The fourth-order valence-electron chi connectivity index (χ4n) is 0.0481. The SMILES string of the molecule is C=CC(=S)ON. The van der Waals surface area contributed by atoms with Gasteiger partial charge in [-0.15, -0.1) is 0 Å². The van der Waals surface area contributed by atoms with Crippen LogP contribution in [0.4, 0.5) is 0 Å². The van der Waals surface area contributed by atoms with Crippen LogP contribution >= 0.6 is 12.2 Å². The van der Waals surface area contributed by atoms with Crippen molar-refractivity contribution in [2.24, 2.45) is 5.90 Å². The number of hydrogen-bond donors (Lipinski definition) is 1. The molecule has 0 heterocycles. The second-order valence-corrected chi connectivity index (χ2v) is 1.04. The van der Waals surface area contributed by atoms with Crippen molar-refractivity contribution in [1.82, 2.24) is 0 Å². The van der Waals surface area contributed by atoms with Crippen molar-refractivity contribution in [3.05, 3.63) is 12.7 Å². The fourth-order valence-corrected chi connectivity index (χ4v) is 0.0481. The van der Waals surface area contributed by atoms with Crippen molar-refractivity contribution in [3.63, 3.8) is 0 Å². The first-order chi connectivity index (χ1) is 2.81. The summed E-state index contributed by atoms with van der Waals surface area (Å²) in [6.45, 7) is 3.29. The minimum absolute atomic E-state index is 0.218. The third-order valence-corrected chi connectivity index (χ3v) is 0.546. The van der Waals surface area contributed by atoms with Crippen LogP contribution in [0.15, 0.2) is 12.7 Å². The van der Waals surface area contributed by atoms with Crippen molar-refractivity contribution in [1.29, 1.82) is 0 Å². The molecule has 0 aromatic rings. The highest BCUT2D eigenvalue weighted by molar-refractivity contribution is 7.80. The Kier molecular flexibility index (Phi) is 2.62. The lowest BCUT2D eigenvalue weighted by molar-refractivity contribution is 0.333. The van der Waals surface area contributed by atoms with Gasteiger partial charge in [0.05, 0.1) is 0 Å². The molecule has 2 N–H and O–H groups in total. The first-order valence-electron chi connectivity index (χ1n) is 1.34. The summed E-state index contributed by atoms with van der Waals surface area (Å²) in [5.74, 6) is 4.57. The van der Waals surface area contributed by atoms with Gasteiger partial charge in [-0.05, 0) is 18.3 Å². The van der Waals surface area contributed by atoms with E-state index in [1.54, 1.807) is 0 Å². The van der Waals surface area contributed by atoms with Crippen LogP contribution in [0.2, 0.25) is 0 Å². The van der Waals surface area contributed by atoms with Crippen LogP contribution in [-0.4, -0.2) is 5.05 Å². The maximum atomic E-state index is 4.57. The second-order valence-electron chi connectivity index (χ2n) is 0.641. The molecule has 0 bridgehead atoms. The lowest BCUT2D eigenvalue weighted by Gasteiger charge is -1.86. The van der Waals surface area contributed by atoms with Gasteiger partial charge in [-0.1, -0.05) is 6.58 Å². The smallest absolute Gasteiger partial charge is 0.209 e. The van der Waals surface area contributed by atoms with Crippen molar-refractivity contribution in [2.45, 2.75) is 0 Å². The van der Waals surface area contributed by atoms with Crippen molar-refractivity contribution >= 4 is 17.3 Å². The first-order valence-corrected chi connectivity index (χ1v) is 1.75. The highest BCUT2D eigenvalue weighted by atomic mass is 32.1. The van der Waals surface area contributed by atoms with Crippen molar-refractivity contribution < 1.29 is 4.84 Å². The van der Waals surface area contributed by atoms with Gasteiger partial charge in [-0.25, -0.2) is 0 Å². The van der Waals surface area contributed by atoms with Crippen LogP contribution in [0.1, 0.15) is 0 Å². The molecule has 0 fully saturated rings. The summed E-state index contributed by atoms with van der Waals surface area (Å²) >= 11 is 4.39. The molecule has 0 amide bonds. The summed E-state index contributed by atoms with van der Waals surface area (Å²) in [4.78, 5) is 4.01. The maximum absolute atomic E-state index is 4.57. The van der Waals surface area contributed by atoms with E-state index < -0.39 is 0 Å². The molecule has 0 aliphatic heterocycles. The van der Waals surface area contributed by atoms with E-state index in [9.17, 15) is 0 Å². The number of thiocarbonyl (C=S) groups is 1. The summed E-state index contributed by atoms with van der Waals surface area (Å²) in [5, 5.41) is 0.218. The van der Waals surface area contributed by atoms with Crippen molar-refractivity contribution in [2.75, 3.05) is 0 Å². The number of hydrogen-bond acceptors (Lipinski definition) is 3. The molecule has 0 unspecified atom stereocenters. The lowest BCUT2D eigenvalue weighted by Crippen LogP contribution is -2.02. The van der Waals surface area contributed by atoms with Gasteiger partial charge >= 0.3 is 0 Å². The van der Waals surface area contributed by atoms with E-state index in [0.29, 0.717) is 0 Å². The van der Waals surface area contributed by atoms with E-state index in [1.165, 1.54) is 6.08 Å². The van der Waals surface area contributed by atoms with Gasteiger partial charge in [0.15, 0.2) is 0 Å². The van der Waals surface area contributed by atoms with Crippen LogP contribution < -0.4 is 5.90 Å². The monoisotopic (exact) mass is 103 g/mol. The molecule has 0 aliphatic carbocycles. The van der Waals surface area contributed by atoms with Gasteiger partial charge in [-0.3, -0.25) is 0 Å². The zero-order valence-corrected chi connectivity index (χ0v) is 3.99. The highest BCUT2D eigenvalue weighted by Gasteiger charge is 1.76. The molecule has 6 heavy (non-hydrogen) atoms. The summed E-state index contributed by atoms with van der Waals surface area (Å²) in [6, 6.07) is 0. The van der Waals surface area contributed by atoms with E-state index in [4.69, 9.17) is 0 Å². The second kappa shape index (κ2) is 2.81. The Bertz CT molecular complexity index is 71.2. The Labute approximate surface area is 41.5 Å². The van der Waals surface area contributed by atoms with E-state index in [-0.39, 0.29) is 5.05 Å². The summed E-state index contributed by atoms with van der Waals surface area (Å²) < 4.78 is 0. The Morgan fingerprint density at radius 1 is 2.00 bits per heavy atom. The molecule has 0 atom stereocenters. The molecular weight excluding hydrogens is 98.1 g/mol. The van der Waals surface area contributed by atoms with Crippen LogP contribution in [0.25, 0.3) is 0 Å². The third kappa shape index (κ3) is 1.87. The minimum Gasteiger partial charge on any atom is -0.400 e. The Morgan fingerprint density at radius 2 is 2.50 bits per heavy atom. The number of nitrogens with two attached hydrogens (primary N) is 1. The molecule has 0 spiro atoms. The maximum Gasteiger partial charge on any atom is 0.209 e. The average molecular weight is 103 g/mol. The van der Waals surface area contributed by atoms with Crippen molar-refractivity contribution in [3.8, 4) is 0 Å². The molecule has 0 saturated carbocycles. The summed E-state index contributed by atoms with van der Waals surface area (Å²) in [6.07, 6.45) is 1.36. The highest BCUT2D eigenvalue weighted by Crippen LogP contribution is 1.71. The van der Waals surface area contributed by atoms with Gasteiger partial charge in [0.25, 0.3) is 0 Å². The topological polar surface area (TPSA) is 35.2 Å². The average Bonchev–Trinajstić information content (AvgIpc) is 1.65. The fraction of sp³-hybridized carbons (Fsp3) is 0. The molecule has 2 nitrogen and oxygen atoms in total. The quantitative estimate of drug-likeness (QED) is 0.296. The van der Waals surface area contributed by atoms with Crippen LogP contribution in [0.3, 0.4) is 0 Å². The first kappa shape index (κ1) is 5.59. The van der Waals surface area contributed by atoms with E-state index in [2.05, 4.69) is 29.5 Å². The number of rotatable bonds is 1. The van der Waals surface area contributed by atoms with Gasteiger partial charge < -0.3 is 4.84 Å². The Balaban J connectivity index is 3.23. The van der Waals surface area contributed by atoms with Gasteiger partial charge in [0.1, 0.15) is 0 Å². The minimum atomic E-state index is 0.218. The predicted molar refractivity (Wildman–Crippen MR) is 28.1 cm³/mol. The molecule has 0 saturated heterocycles. The molecule has 0 rings (SSSR count). The lowest BCUT2D eigenvalue weighted by atomic mass is 10.7. The molecule has 0 radical (unpaired) electrons.